The smallest absolute Gasteiger partial charge is 0.243 e. The molecule has 1 fully saturated rings. The SMILES string of the molecule is O=S(=O)(NCC(O)CN1CCOCC1)c1cc(F)ccc1F. The van der Waals surface area contributed by atoms with E-state index in [4.69, 9.17) is 4.74 Å². The van der Waals surface area contributed by atoms with Crippen molar-refractivity contribution in [3.05, 3.63) is 29.8 Å². The molecule has 0 aliphatic carbocycles. The lowest BCUT2D eigenvalue weighted by atomic mass is 10.3. The zero-order valence-electron chi connectivity index (χ0n) is 11.8. The summed E-state index contributed by atoms with van der Waals surface area (Å²) in [5, 5.41) is 9.86. The van der Waals surface area contributed by atoms with Crippen LogP contribution in [0.2, 0.25) is 0 Å². The van der Waals surface area contributed by atoms with E-state index < -0.39 is 32.7 Å². The van der Waals surface area contributed by atoms with E-state index in [1.807, 2.05) is 4.90 Å². The normalized spacial score (nSPS) is 18.3. The molecule has 0 spiro atoms. The van der Waals surface area contributed by atoms with E-state index in [-0.39, 0.29) is 13.1 Å². The zero-order chi connectivity index (χ0) is 16.2. The van der Waals surface area contributed by atoms with Gasteiger partial charge in [-0.15, -0.1) is 0 Å². The van der Waals surface area contributed by atoms with Gasteiger partial charge in [0.15, 0.2) is 0 Å². The van der Waals surface area contributed by atoms with Crippen molar-refractivity contribution in [2.45, 2.75) is 11.0 Å². The van der Waals surface area contributed by atoms with Gasteiger partial charge in [0, 0.05) is 26.2 Å². The molecule has 0 bridgehead atoms. The molecule has 0 saturated carbocycles. The highest BCUT2D eigenvalue weighted by atomic mass is 32.2. The fraction of sp³-hybridized carbons (Fsp3) is 0.538. The van der Waals surface area contributed by atoms with Gasteiger partial charge in [-0.05, 0) is 18.2 Å². The van der Waals surface area contributed by atoms with Crippen LogP contribution >= 0.6 is 0 Å². The van der Waals surface area contributed by atoms with Crippen LogP contribution in [0.25, 0.3) is 0 Å². The van der Waals surface area contributed by atoms with E-state index in [1.165, 1.54) is 0 Å². The summed E-state index contributed by atoms with van der Waals surface area (Å²) in [5.74, 6) is -1.90. The summed E-state index contributed by atoms with van der Waals surface area (Å²) in [6.45, 7) is 2.43. The second-order valence-corrected chi connectivity index (χ2v) is 6.73. The molecule has 6 nitrogen and oxygen atoms in total. The standard InChI is InChI=1S/C13H18F2N2O4S/c14-10-1-2-12(15)13(7-10)22(19,20)16-8-11(18)9-17-3-5-21-6-4-17/h1-2,7,11,16,18H,3-6,8-9H2. The molecule has 1 atom stereocenters. The summed E-state index contributed by atoms with van der Waals surface area (Å²) < 4.78 is 57.7. The summed E-state index contributed by atoms with van der Waals surface area (Å²) in [6, 6.07) is 2.18. The molecule has 1 aliphatic heterocycles. The predicted octanol–water partition coefficient (Wildman–Crippen LogP) is -0.0638. The fourth-order valence-electron chi connectivity index (χ4n) is 2.11. The Morgan fingerprint density at radius 3 is 2.68 bits per heavy atom. The van der Waals surface area contributed by atoms with Crippen LogP contribution in [-0.4, -0.2) is 63.9 Å². The minimum Gasteiger partial charge on any atom is -0.390 e. The zero-order valence-corrected chi connectivity index (χ0v) is 12.7. The number of sulfonamides is 1. The molecule has 1 saturated heterocycles. The van der Waals surface area contributed by atoms with Gasteiger partial charge in [-0.1, -0.05) is 0 Å². The number of benzene rings is 1. The molecule has 0 aromatic heterocycles. The number of rotatable bonds is 6. The number of halogens is 2. The molecular formula is C13H18F2N2O4S. The van der Waals surface area contributed by atoms with Crippen LogP contribution < -0.4 is 4.72 Å². The molecule has 1 aromatic carbocycles. The third kappa shape index (κ3) is 4.68. The first-order chi connectivity index (χ1) is 10.4. The molecule has 1 heterocycles. The van der Waals surface area contributed by atoms with Gasteiger partial charge in [0.05, 0.1) is 19.3 Å². The van der Waals surface area contributed by atoms with E-state index in [0.29, 0.717) is 32.4 Å². The average molecular weight is 336 g/mol. The van der Waals surface area contributed by atoms with Crippen molar-refractivity contribution in [3.63, 3.8) is 0 Å². The molecule has 1 aromatic rings. The molecule has 22 heavy (non-hydrogen) atoms. The van der Waals surface area contributed by atoms with Gasteiger partial charge in [0.2, 0.25) is 10.0 Å². The van der Waals surface area contributed by atoms with Crippen molar-refractivity contribution in [3.8, 4) is 0 Å². The number of nitrogens with zero attached hydrogens (tertiary/aromatic N) is 1. The van der Waals surface area contributed by atoms with Crippen LogP contribution in [0.3, 0.4) is 0 Å². The van der Waals surface area contributed by atoms with Crippen molar-refractivity contribution in [2.24, 2.45) is 0 Å². The maximum Gasteiger partial charge on any atom is 0.243 e. The lowest BCUT2D eigenvalue weighted by Crippen LogP contribution is -2.44. The van der Waals surface area contributed by atoms with E-state index >= 15 is 0 Å². The van der Waals surface area contributed by atoms with Crippen molar-refractivity contribution >= 4 is 10.0 Å². The summed E-state index contributed by atoms with van der Waals surface area (Å²) in [6.07, 6.45) is -0.954. The van der Waals surface area contributed by atoms with Gasteiger partial charge in [-0.3, -0.25) is 4.90 Å². The number of nitrogens with one attached hydrogen (secondary N) is 1. The Morgan fingerprint density at radius 2 is 2.00 bits per heavy atom. The Balaban J connectivity index is 1.92. The van der Waals surface area contributed by atoms with Crippen LogP contribution in [-0.2, 0) is 14.8 Å². The lowest BCUT2D eigenvalue weighted by Gasteiger charge is -2.28. The molecule has 1 aliphatic rings. The van der Waals surface area contributed by atoms with E-state index in [0.717, 1.165) is 12.1 Å². The first-order valence-corrected chi connectivity index (χ1v) is 8.30. The largest absolute Gasteiger partial charge is 0.390 e. The van der Waals surface area contributed by atoms with Crippen molar-refractivity contribution < 1.29 is 27.0 Å². The Kier molecular flexibility index (Phi) is 5.81. The van der Waals surface area contributed by atoms with Crippen LogP contribution in [0.5, 0.6) is 0 Å². The average Bonchev–Trinajstić information content (AvgIpc) is 2.49. The van der Waals surface area contributed by atoms with Crippen molar-refractivity contribution in [1.29, 1.82) is 0 Å². The Hall–Kier alpha value is -1.13. The second-order valence-electron chi connectivity index (χ2n) is 4.99. The number of β-amino-alcohol motifs (C(OH)–C–C–N with tert-alkyl or cyclic N) is 1. The van der Waals surface area contributed by atoms with E-state index in [9.17, 15) is 22.3 Å². The quantitative estimate of drug-likeness (QED) is 0.761. The minimum absolute atomic E-state index is 0.275. The molecule has 0 radical (unpaired) electrons. The summed E-state index contributed by atoms with van der Waals surface area (Å²) in [4.78, 5) is 1.16. The number of hydrogen-bond donors (Lipinski definition) is 2. The van der Waals surface area contributed by atoms with Crippen LogP contribution in [0.4, 0.5) is 8.78 Å². The topological polar surface area (TPSA) is 78.9 Å². The number of morpholine rings is 1. The van der Waals surface area contributed by atoms with Crippen molar-refractivity contribution in [2.75, 3.05) is 39.4 Å². The summed E-state index contributed by atoms with van der Waals surface area (Å²) >= 11 is 0. The van der Waals surface area contributed by atoms with Gasteiger partial charge >= 0.3 is 0 Å². The number of ether oxygens (including phenoxy) is 1. The Bertz CT molecular complexity index is 606. The van der Waals surface area contributed by atoms with Crippen LogP contribution in [0.1, 0.15) is 0 Å². The Labute approximate surface area is 127 Å². The maximum atomic E-state index is 13.5. The molecule has 9 heteroatoms. The molecular weight excluding hydrogens is 318 g/mol. The number of aliphatic hydroxyl groups excluding tert-OH is 1. The van der Waals surface area contributed by atoms with Gasteiger partial charge in [0.1, 0.15) is 16.5 Å². The minimum atomic E-state index is -4.22. The van der Waals surface area contributed by atoms with Gasteiger partial charge in [-0.25, -0.2) is 21.9 Å². The second kappa shape index (κ2) is 7.42. The third-order valence-electron chi connectivity index (χ3n) is 3.26. The monoisotopic (exact) mass is 336 g/mol. The first-order valence-electron chi connectivity index (χ1n) is 6.81. The fourth-order valence-corrected chi connectivity index (χ4v) is 3.27. The summed E-state index contributed by atoms with van der Waals surface area (Å²) in [7, 11) is -4.22. The van der Waals surface area contributed by atoms with E-state index in [2.05, 4.69) is 4.72 Å². The Morgan fingerprint density at radius 1 is 1.32 bits per heavy atom. The molecule has 2 rings (SSSR count). The lowest BCUT2D eigenvalue weighted by molar-refractivity contribution is 0.0158. The third-order valence-corrected chi connectivity index (χ3v) is 4.70. The van der Waals surface area contributed by atoms with Crippen LogP contribution in [0, 0.1) is 11.6 Å². The molecule has 0 amide bonds. The van der Waals surface area contributed by atoms with Crippen LogP contribution in [0.15, 0.2) is 23.1 Å². The van der Waals surface area contributed by atoms with Gasteiger partial charge < -0.3 is 9.84 Å². The van der Waals surface area contributed by atoms with E-state index in [1.54, 1.807) is 0 Å². The first kappa shape index (κ1) is 17.2. The number of hydrogen-bond acceptors (Lipinski definition) is 5. The van der Waals surface area contributed by atoms with Crippen molar-refractivity contribution in [1.82, 2.24) is 9.62 Å². The van der Waals surface area contributed by atoms with Gasteiger partial charge in [-0.2, -0.15) is 0 Å². The van der Waals surface area contributed by atoms with Gasteiger partial charge in [0.25, 0.3) is 0 Å². The highest BCUT2D eigenvalue weighted by Gasteiger charge is 2.22. The predicted molar refractivity (Wildman–Crippen MR) is 74.8 cm³/mol. The molecule has 1 unspecified atom stereocenters. The molecule has 2 N–H and O–H groups in total. The number of aliphatic hydroxyl groups is 1. The highest BCUT2D eigenvalue weighted by molar-refractivity contribution is 7.89. The maximum absolute atomic E-state index is 13.5. The highest BCUT2D eigenvalue weighted by Crippen LogP contribution is 2.15. The molecule has 124 valence electrons. The summed E-state index contributed by atoms with van der Waals surface area (Å²) in [5.41, 5.74) is 0.